The topological polar surface area (TPSA) is 74.6 Å². The molecule has 1 aromatic heterocycles. The third-order valence-electron chi connectivity index (χ3n) is 5.49. The third kappa shape index (κ3) is 6.06. The summed E-state index contributed by atoms with van der Waals surface area (Å²) in [5.41, 5.74) is 1.67. The number of aromatic nitrogens is 2. The number of halogens is 3. The van der Waals surface area contributed by atoms with Crippen LogP contribution in [0, 0.1) is 13.8 Å². The number of hydrogen-bond donors (Lipinski definition) is 1. The number of hydrogen-bond acceptors (Lipinski definition) is 5. The fourth-order valence-corrected chi connectivity index (χ4v) is 3.82. The van der Waals surface area contributed by atoms with Crippen LogP contribution in [-0.2, 0) is 23.9 Å². The van der Waals surface area contributed by atoms with Crippen LogP contribution >= 0.6 is 0 Å². The highest BCUT2D eigenvalue weighted by Gasteiger charge is 2.34. The van der Waals surface area contributed by atoms with Crippen LogP contribution in [0.25, 0.3) is 5.69 Å². The number of aryl methyl sites for hydroxylation is 3. The van der Waals surface area contributed by atoms with Crippen LogP contribution in [-0.4, -0.2) is 37.0 Å². The molecule has 0 fully saturated rings. The minimum absolute atomic E-state index is 0.0242. The molecule has 0 bridgehead atoms. The van der Waals surface area contributed by atoms with E-state index in [9.17, 15) is 18.0 Å². The number of rotatable bonds is 9. The lowest BCUT2D eigenvalue weighted by Gasteiger charge is -2.16. The monoisotopic (exact) mass is 491 g/mol. The summed E-state index contributed by atoms with van der Waals surface area (Å²) in [6.07, 6.45) is -4.17. The number of benzene rings is 2. The van der Waals surface area contributed by atoms with Crippen molar-refractivity contribution in [2.75, 3.05) is 21.3 Å². The predicted octanol–water partition coefficient (Wildman–Crippen LogP) is 4.78. The highest BCUT2D eigenvalue weighted by molar-refractivity contribution is 5.76. The molecule has 10 heteroatoms. The zero-order valence-corrected chi connectivity index (χ0v) is 20.2. The summed E-state index contributed by atoms with van der Waals surface area (Å²) in [5.74, 6) is 0.973. The van der Waals surface area contributed by atoms with Gasteiger partial charge in [0.2, 0.25) is 11.7 Å². The molecule has 0 aliphatic carbocycles. The lowest BCUT2D eigenvalue weighted by atomic mass is 10.0. The van der Waals surface area contributed by atoms with Crippen molar-refractivity contribution in [3.8, 4) is 22.9 Å². The molecule has 35 heavy (non-hydrogen) atoms. The maximum absolute atomic E-state index is 13.8. The molecule has 1 N–H and O–H groups in total. The van der Waals surface area contributed by atoms with E-state index < -0.39 is 11.7 Å². The molecule has 1 heterocycles. The summed E-state index contributed by atoms with van der Waals surface area (Å²) < 4.78 is 58.7. The van der Waals surface area contributed by atoms with Gasteiger partial charge in [-0.1, -0.05) is 6.07 Å². The van der Waals surface area contributed by atoms with E-state index in [2.05, 4.69) is 10.4 Å². The van der Waals surface area contributed by atoms with E-state index in [0.29, 0.717) is 35.1 Å². The Balaban J connectivity index is 1.71. The molecule has 2 aromatic carbocycles. The predicted molar refractivity (Wildman–Crippen MR) is 124 cm³/mol. The van der Waals surface area contributed by atoms with E-state index in [1.54, 1.807) is 38.1 Å². The number of nitrogens with one attached hydrogen (secondary N) is 1. The SMILES string of the molecule is COc1cc(CCC(=O)NCc2ccc(-n3nc(C)cc3C)cc2C(F)(F)F)cc(OC)c1OC. The molecule has 3 rings (SSSR count). The van der Waals surface area contributed by atoms with E-state index in [0.717, 1.165) is 17.3 Å². The summed E-state index contributed by atoms with van der Waals surface area (Å²) in [6.45, 7) is 3.30. The van der Waals surface area contributed by atoms with Gasteiger partial charge in [0.15, 0.2) is 11.5 Å². The fourth-order valence-electron chi connectivity index (χ4n) is 3.82. The van der Waals surface area contributed by atoms with Gasteiger partial charge in [-0.2, -0.15) is 18.3 Å². The zero-order valence-electron chi connectivity index (χ0n) is 20.2. The van der Waals surface area contributed by atoms with Crippen molar-refractivity contribution >= 4 is 5.91 Å². The summed E-state index contributed by atoms with van der Waals surface area (Å²) in [7, 11) is 4.48. The van der Waals surface area contributed by atoms with Crippen LogP contribution in [0.1, 0.15) is 34.5 Å². The standard InChI is InChI=1S/C25H28F3N3O4/c1-15-10-16(2)31(30-15)19-8-7-18(20(13-19)25(26,27)28)14-29-23(32)9-6-17-11-21(33-3)24(35-5)22(12-17)34-4/h7-8,10-13H,6,9,14H2,1-5H3,(H,29,32). The van der Waals surface area contributed by atoms with Crippen LogP contribution in [0.4, 0.5) is 13.2 Å². The Morgan fingerprint density at radius 3 is 2.17 bits per heavy atom. The molecule has 7 nitrogen and oxygen atoms in total. The minimum Gasteiger partial charge on any atom is -0.493 e. The number of nitrogens with zero attached hydrogens (tertiary/aromatic N) is 2. The maximum atomic E-state index is 13.8. The van der Waals surface area contributed by atoms with E-state index in [4.69, 9.17) is 14.2 Å². The highest BCUT2D eigenvalue weighted by Crippen LogP contribution is 2.38. The quantitative estimate of drug-likeness (QED) is 0.466. The van der Waals surface area contributed by atoms with Crippen molar-refractivity contribution in [3.63, 3.8) is 0 Å². The van der Waals surface area contributed by atoms with E-state index in [1.807, 2.05) is 0 Å². The Bertz CT molecular complexity index is 1180. The zero-order chi connectivity index (χ0) is 25.8. The van der Waals surface area contributed by atoms with Crippen molar-refractivity contribution in [2.45, 2.75) is 39.4 Å². The average molecular weight is 492 g/mol. The Morgan fingerprint density at radius 1 is 1.00 bits per heavy atom. The van der Waals surface area contributed by atoms with Gasteiger partial charge >= 0.3 is 6.18 Å². The first-order valence-electron chi connectivity index (χ1n) is 10.9. The molecule has 0 aliphatic rings. The highest BCUT2D eigenvalue weighted by atomic mass is 19.4. The van der Waals surface area contributed by atoms with Gasteiger partial charge in [0.1, 0.15) is 0 Å². The van der Waals surface area contributed by atoms with Gasteiger partial charge in [0.25, 0.3) is 0 Å². The Kier molecular flexibility index (Phi) is 7.93. The Labute approximate surface area is 201 Å². The second-order valence-electron chi connectivity index (χ2n) is 7.99. The summed E-state index contributed by atoms with van der Waals surface area (Å²) >= 11 is 0. The lowest BCUT2D eigenvalue weighted by Crippen LogP contribution is -2.25. The largest absolute Gasteiger partial charge is 0.493 e. The van der Waals surface area contributed by atoms with Crippen LogP contribution < -0.4 is 19.5 Å². The van der Waals surface area contributed by atoms with E-state index in [1.165, 1.54) is 32.1 Å². The molecule has 188 valence electrons. The number of ether oxygens (including phenoxy) is 3. The summed E-state index contributed by atoms with van der Waals surface area (Å²) in [5, 5.41) is 6.84. The number of carbonyl (C=O) groups excluding carboxylic acids is 1. The number of carbonyl (C=O) groups is 1. The molecule has 0 spiro atoms. The Hall–Kier alpha value is -3.69. The second-order valence-corrected chi connectivity index (χ2v) is 7.99. The van der Waals surface area contributed by atoms with Crippen LogP contribution in [0.2, 0.25) is 0 Å². The van der Waals surface area contributed by atoms with E-state index in [-0.39, 0.29) is 24.4 Å². The van der Waals surface area contributed by atoms with E-state index >= 15 is 0 Å². The summed E-state index contributed by atoms with van der Waals surface area (Å²) in [4.78, 5) is 12.4. The fraction of sp³-hybridized carbons (Fsp3) is 0.360. The second kappa shape index (κ2) is 10.7. The Morgan fingerprint density at radius 2 is 1.66 bits per heavy atom. The minimum atomic E-state index is -4.58. The van der Waals surface area contributed by atoms with Crippen LogP contribution in [0.3, 0.4) is 0 Å². The van der Waals surface area contributed by atoms with Crippen LogP contribution in [0.15, 0.2) is 36.4 Å². The summed E-state index contributed by atoms with van der Waals surface area (Å²) in [6, 6.07) is 9.23. The van der Waals surface area contributed by atoms with Gasteiger partial charge in [-0.25, -0.2) is 4.68 Å². The van der Waals surface area contributed by atoms with Gasteiger partial charge in [-0.05, 0) is 61.7 Å². The molecular weight excluding hydrogens is 463 g/mol. The van der Waals surface area contributed by atoms with Crippen LogP contribution in [0.5, 0.6) is 17.2 Å². The molecule has 0 saturated carbocycles. The normalized spacial score (nSPS) is 11.3. The number of alkyl halides is 3. The van der Waals surface area contributed by atoms with Crippen molar-refractivity contribution in [1.29, 1.82) is 0 Å². The van der Waals surface area contributed by atoms with Gasteiger partial charge in [0.05, 0.1) is 38.3 Å². The molecular formula is C25H28F3N3O4. The van der Waals surface area contributed by atoms with Gasteiger partial charge in [0, 0.05) is 18.7 Å². The molecule has 1 amide bonds. The van der Waals surface area contributed by atoms with Crippen molar-refractivity contribution in [3.05, 3.63) is 64.5 Å². The molecule has 0 radical (unpaired) electrons. The average Bonchev–Trinajstić information content (AvgIpc) is 3.17. The maximum Gasteiger partial charge on any atom is 0.416 e. The smallest absolute Gasteiger partial charge is 0.416 e. The van der Waals surface area contributed by atoms with Gasteiger partial charge in [-0.15, -0.1) is 0 Å². The first-order chi connectivity index (χ1) is 16.6. The molecule has 0 saturated heterocycles. The first kappa shape index (κ1) is 25.9. The number of amides is 1. The van der Waals surface area contributed by atoms with Crippen molar-refractivity contribution < 1.29 is 32.2 Å². The van der Waals surface area contributed by atoms with Crippen molar-refractivity contribution in [1.82, 2.24) is 15.1 Å². The van der Waals surface area contributed by atoms with Gasteiger partial charge < -0.3 is 19.5 Å². The molecule has 0 aliphatic heterocycles. The lowest BCUT2D eigenvalue weighted by molar-refractivity contribution is -0.138. The molecule has 3 aromatic rings. The molecule has 0 unspecified atom stereocenters. The third-order valence-corrected chi connectivity index (χ3v) is 5.49. The van der Waals surface area contributed by atoms with Crippen molar-refractivity contribution in [2.24, 2.45) is 0 Å². The number of methoxy groups -OCH3 is 3. The first-order valence-corrected chi connectivity index (χ1v) is 10.9. The molecule has 0 atom stereocenters. The van der Waals surface area contributed by atoms with Gasteiger partial charge in [-0.3, -0.25) is 4.79 Å².